The summed E-state index contributed by atoms with van der Waals surface area (Å²) >= 11 is 0. The van der Waals surface area contributed by atoms with Gasteiger partial charge in [0.25, 0.3) is 5.56 Å². The van der Waals surface area contributed by atoms with E-state index in [-0.39, 0.29) is 23.0 Å². The summed E-state index contributed by atoms with van der Waals surface area (Å²) in [6.45, 7) is 2.75. The first-order valence-electron chi connectivity index (χ1n) is 9.48. The van der Waals surface area contributed by atoms with E-state index < -0.39 is 28.4 Å². The summed E-state index contributed by atoms with van der Waals surface area (Å²) in [7, 11) is 0. The third kappa shape index (κ3) is 2.35. The number of aryl methyl sites for hydroxylation is 1. The molecular weight excluding hydrogens is 353 g/mol. The van der Waals surface area contributed by atoms with Gasteiger partial charge >= 0.3 is 5.69 Å². The molecule has 1 aliphatic heterocycles. The topological polar surface area (TPSA) is 98.6 Å². The van der Waals surface area contributed by atoms with E-state index in [0.717, 1.165) is 32.1 Å². The number of rotatable bonds is 3. The second-order valence-electron chi connectivity index (χ2n) is 8.26. The first kappa shape index (κ1) is 16.8. The van der Waals surface area contributed by atoms with E-state index in [1.54, 1.807) is 6.92 Å². The number of aromatic hydroxyl groups is 1. The van der Waals surface area contributed by atoms with Crippen molar-refractivity contribution in [3.8, 4) is 5.75 Å². The molecule has 2 aliphatic carbocycles. The number of nitrogens with one attached hydrogen (secondary N) is 1. The predicted octanol–water partition coefficient (Wildman–Crippen LogP) is 1.53. The van der Waals surface area contributed by atoms with Gasteiger partial charge in [-0.3, -0.25) is 14.3 Å². The van der Waals surface area contributed by atoms with Gasteiger partial charge in [-0.25, -0.2) is 9.18 Å². The van der Waals surface area contributed by atoms with Crippen LogP contribution in [0, 0.1) is 18.7 Å². The van der Waals surface area contributed by atoms with Crippen LogP contribution in [0.15, 0.2) is 9.59 Å². The number of H-pyrrole nitrogens is 1. The molecule has 5 rings (SSSR count). The SMILES string of the molecule is Cc1c(N2CCC(C3(O)CC3)C2)c(F)c(O)c2c(=O)[nH]c(=O)n(C3CC3)c12. The minimum Gasteiger partial charge on any atom is -0.504 e. The van der Waals surface area contributed by atoms with Crippen molar-refractivity contribution in [3.63, 3.8) is 0 Å². The molecule has 1 atom stereocenters. The molecule has 0 radical (unpaired) electrons. The minimum absolute atomic E-state index is 0.0354. The van der Waals surface area contributed by atoms with Crippen molar-refractivity contribution >= 4 is 16.6 Å². The Balaban J connectivity index is 1.73. The molecule has 7 nitrogen and oxygen atoms in total. The number of aromatic amines is 1. The van der Waals surface area contributed by atoms with Gasteiger partial charge in [0.15, 0.2) is 11.6 Å². The number of aromatic nitrogens is 2. The largest absolute Gasteiger partial charge is 0.504 e. The fourth-order valence-electron chi connectivity index (χ4n) is 4.63. The van der Waals surface area contributed by atoms with Crippen LogP contribution in [0.4, 0.5) is 10.1 Å². The first-order chi connectivity index (χ1) is 12.8. The molecule has 3 aliphatic rings. The maximum atomic E-state index is 15.1. The number of phenolic OH excluding ortho intramolecular Hbond substituents is 1. The monoisotopic (exact) mass is 375 g/mol. The Morgan fingerprint density at radius 1 is 1.22 bits per heavy atom. The van der Waals surface area contributed by atoms with Crippen LogP contribution in [0.2, 0.25) is 0 Å². The molecule has 2 aromatic rings. The molecule has 144 valence electrons. The van der Waals surface area contributed by atoms with Crippen LogP contribution < -0.4 is 16.1 Å². The number of hydrogen-bond acceptors (Lipinski definition) is 5. The van der Waals surface area contributed by atoms with Crippen LogP contribution in [-0.4, -0.2) is 38.5 Å². The molecule has 27 heavy (non-hydrogen) atoms. The van der Waals surface area contributed by atoms with Crippen molar-refractivity contribution in [2.24, 2.45) is 5.92 Å². The standard InChI is InChI=1S/C19H22FN3O4/c1-9-14-12(17(25)21-18(26)23(14)11-2-3-11)16(24)13(20)15(9)22-7-4-10(8-22)19(27)5-6-19/h10-11,24,27H,2-8H2,1H3,(H,21,25,26). The molecule has 1 saturated heterocycles. The van der Waals surface area contributed by atoms with Crippen LogP contribution in [0.3, 0.4) is 0 Å². The summed E-state index contributed by atoms with van der Waals surface area (Å²) in [6, 6.07) is -0.0354. The Hall–Kier alpha value is -2.35. The summed E-state index contributed by atoms with van der Waals surface area (Å²) in [6.07, 6.45) is 3.91. The number of anilines is 1. The Kier molecular flexibility index (Phi) is 3.32. The average Bonchev–Trinajstić information content (AvgIpc) is 3.53. The van der Waals surface area contributed by atoms with Gasteiger partial charge in [0.2, 0.25) is 0 Å². The molecule has 2 saturated carbocycles. The Morgan fingerprint density at radius 2 is 1.93 bits per heavy atom. The fourth-order valence-corrected chi connectivity index (χ4v) is 4.63. The van der Waals surface area contributed by atoms with E-state index in [1.165, 1.54) is 4.57 Å². The third-order valence-corrected chi connectivity index (χ3v) is 6.45. The van der Waals surface area contributed by atoms with Crippen molar-refractivity contribution in [3.05, 3.63) is 32.2 Å². The zero-order chi connectivity index (χ0) is 19.1. The number of phenols is 1. The smallest absolute Gasteiger partial charge is 0.329 e. The Labute approximate surface area is 154 Å². The zero-order valence-corrected chi connectivity index (χ0v) is 15.1. The van der Waals surface area contributed by atoms with Crippen molar-refractivity contribution in [1.82, 2.24) is 9.55 Å². The number of halogens is 1. The van der Waals surface area contributed by atoms with Crippen molar-refractivity contribution < 1.29 is 14.6 Å². The highest BCUT2D eigenvalue weighted by molar-refractivity contribution is 5.92. The molecule has 8 heteroatoms. The van der Waals surface area contributed by atoms with Crippen molar-refractivity contribution in [2.75, 3.05) is 18.0 Å². The molecule has 1 unspecified atom stereocenters. The zero-order valence-electron chi connectivity index (χ0n) is 15.1. The highest BCUT2D eigenvalue weighted by Crippen LogP contribution is 2.48. The molecule has 0 spiro atoms. The molecule has 1 aromatic carbocycles. The number of nitrogens with zero attached hydrogens (tertiary/aromatic N) is 2. The lowest BCUT2D eigenvalue weighted by Gasteiger charge is -2.25. The highest BCUT2D eigenvalue weighted by Gasteiger charge is 2.50. The van der Waals surface area contributed by atoms with Gasteiger partial charge in [-0.2, -0.15) is 0 Å². The number of hydrogen-bond donors (Lipinski definition) is 3. The summed E-state index contributed by atoms with van der Waals surface area (Å²) < 4.78 is 16.6. The van der Waals surface area contributed by atoms with Crippen LogP contribution in [-0.2, 0) is 0 Å². The predicted molar refractivity (Wildman–Crippen MR) is 98.0 cm³/mol. The molecule has 3 fully saturated rings. The molecule has 2 heterocycles. The van der Waals surface area contributed by atoms with Gasteiger partial charge in [-0.05, 0) is 39.0 Å². The van der Waals surface area contributed by atoms with Gasteiger partial charge in [-0.1, -0.05) is 0 Å². The van der Waals surface area contributed by atoms with Gasteiger partial charge < -0.3 is 15.1 Å². The first-order valence-corrected chi connectivity index (χ1v) is 9.48. The van der Waals surface area contributed by atoms with E-state index in [2.05, 4.69) is 4.98 Å². The maximum absolute atomic E-state index is 15.1. The van der Waals surface area contributed by atoms with Crippen molar-refractivity contribution in [1.29, 1.82) is 0 Å². The Morgan fingerprint density at radius 3 is 2.56 bits per heavy atom. The minimum atomic E-state index is -0.838. The quantitative estimate of drug-likeness (QED) is 0.756. The van der Waals surface area contributed by atoms with Crippen LogP contribution >= 0.6 is 0 Å². The third-order valence-electron chi connectivity index (χ3n) is 6.45. The number of aliphatic hydroxyl groups is 1. The Bertz CT molecular complexity index is 1080. The van der Waals surface area contributed by atoms with E-state index in [0.29, 0.717) is 24.2 Å². The summed E-state index contributed by atoms with van der Waals surface area (Å²) in [5.41, 5.74) is -0.921. The number of benzene rings is 1. The molecule has 0 bridgehead atoms. The molecular formula is C19H22FN3O4. The van der Waals surface area contributed by atoms with Gasteiger partial charge in [-0.15, -0.1) is 0 Å². The fraction of sp³-hybridized carbons (Fsp3) is 0.579. The second kappa shape index (κ2) is 5.34. The maximum Gasteiger partial charge on any atom is 0.329 e. The van der Waals surface area contributed by atoms with E-state index in [1.807, 2.05) is 4.90 Å². The van der Waals surface area contributed by atoms with Crippen LogP contribution in [0.25, 0.3) is 10.9 Å². The van der Waals surface area contributed by atoms with E-state index >= 15 is 4.39 Å². The summed E-state index contributed by atoms with van der Waals surface area (Å²) in [5.74, 6) is -1.48. The van der Waals surface area contributed by atoms with Crippen LogP contribution in [0.1, 0.15) is 43.7 Å². The lowest BCUT2D eigenvalue weighted by atomic mass is 10.00. The number of fused-ring (bicyclic) bond motifs is 1. The average molecular weight is 375 g/mol. The lowest BCUT2D eigenvalue weighted by Crippen LogP contribution is -2.32. The highest BCUT2D eigenvalue weighted by atomic mass is 19.1. The molecule has 3 N–H and O–H groups in total. The normalized spacial score (nSPS) is 24.0. The lowest BCUT2D eigenvalue weighted by molar-refractivity contribution is 0.0922. The molecule has 1 aromatic heterocycles. The summed E-state index contributed by atoms with van der Waals surface area (Å²) in [5, 5.41) is 20.7. The van der Waals surface area contributed by atoms with E-state index in [4.69, 9.17) is 0 Å². The van der Waals surface area contributed by atoms with Gasteiger partial charge in [0, 0.05) is 30.6 Å². The van der Waals surface area contributed by atoms with E-state index in [9.17, 15) is 19.8 Å². The second-order valence-corrected chi connectivity index (χ2v) is 8.26. The van der Waals surface area contributed by atoms with Crippen molar-refractivity contribution in [2.45, 2.75) is 50.7 Å². The van der Waals surface area contributed by atoms with Gasteiger partial charge in [0.1, 0.15) is 5.39 Å². The van der Waals surface area contributed by atoms with Gasteiger partial charge in [0.05, 0.1) is 16.8 Å². The van der Waals surface area contributed by atoms with Crippen LogP contribution in [0.5, 0.6) is 5.75 Å². The molecule has 0 amide bonds. The summed E-state index contributed by atoms with van der Waals surface area (Å²) in [4.78, 5) is 28.7.